The molecule has 0 aliphatic rings. The third-order valence-corrected chi connectivity index (χ3v) is 4.17. The number of carbonyl (C=O) groups is 1. The molecule has 3 rings (SSSR count). The lowest BCUT2D eigenvalue weighted by molar-refractivity contribution is -0.120. The molecule has 29 heavy (non-hydrogen) atoms. The number of hydrogen-bond donors (Lipinski definition) is 0. The molecule has 0 atom stereocenters. The van der Waals surface area contributed by atoms with Gasteiger partial charge in [-0.15, -0.1) is 0 Å². The Balaban J connectivity index is 2.06. The van der Waals surface area contributed by atoms with Crippen LogP contribution in [0.5, 0.6) is 5.75 Å². The van der Waals surface area contributed by atoms with E-state index in [-0.39, 0.29) is 0 Å². The molecule has 0 saturated carbocycles. The quantitative estimate of drug-likeness (QED) is 0.473. The minimum atomic E-state index is 0.396. The van der Waals surface area contributed by atoms with E-state index < -0.39 is 0 Å². The zero-order valence-electron chi connectivity index (χ0n) is 16.6. The van der Waals surface area contributed by atoms with E-state index in [2.05, 4.69) is 36.0 Å². The molecule has 5 heteroatoms. The van der Waals surface area contributed by atoms with Crippen LogP contribution in [0.15, 0.2) is 60.9 Å². The fourth-order valence-electron chi connectivity index (χ4n) is 2.78. The van der Waals surface area contributed by atoms with E-state index in [4.69, 9.17) is 9.72 Å². The van der Waals surface area contributed by atoms with Gasteiger partial charge in [0.1, 0.15) is 5.75 Å². The first kappa shape index (κ1) is 20.1. The summed E-state index contributed by atoms with van der Waals surface area (Å²) in [6, 6.07) is 11.2. The van der Waals surface area contributed by atoms with Crippen molar-refractivity contribution in [3.63, 3.8) is 0 Å². The number of rotatable bonds is 8. The number of nitrogens with zero attached hydrogens (tertiary/aromatic N) is 3. The Morgan fingerprint density at radius 1 is 0.793 bits per heavy atom. The maximum atomic E-state index is 10.9. The lowest BCUT2D eigenvalue weighted by Gasteiger charge is -2.08. The topological polar surface area (TPSA) is 65.0 Å². The van der Waals surface area contributed by atoms with Crippen molar-refractivity contribution in [3.05, 3.63) is 72.1 Å². The summed E-state index contributed by atoms with van der Waals surface area (Å²) in [4.78, 5) is 24.5. The molecule has 3 aromatic rings. The molecule has 0 unspecified atom stereocenters. The number of pyridine rings is 3. The highest BCUT2D eigenvalue weighted by Gasteiger charge is 2.11. The van der Waals surface area contributed by atoms with Gasteiger partial charge < -0.3 is 4.74 Å². The average Bonchev–Trinajstić information content (AvgIpc) is 2.76. The zero-order chi connectivity index (χ0) is 20.5. The van der Waals surface area contributed by atoms with E-state index >= 15 is 0 Å². The van der Waals surface area contributed by atoms with Crippen LogP contribution in [0.3, 0.4) is 0 Å². The van der Waals surface area contributed by atoms with Crippen molar-refractivity contribution in [2.45, 2.75) is 26.7 Å². The Hall–Kier alpha value is -3.60. The van der Waals surface area contributed by atoms with Crippen LogP contribution in [0.2, 0.25) is 0 Å². The van der Waals surface area contributed by atoms with E-state index in [1.807, 2.05) is 36.4 Å². The van der Waals surface area contributed by atoms with Gasteiger partial charge in [-0.3, -0.25) is 14.8 Å². The minimum Gasteiger partial charge on any atom is -0.429 e. The summed E-state index contributed by atoms with van der Waals surface area (Å²) in [7, 11) is 0. The smallest absolute Gasteiger partial charge is 0.298 e. The van der Waals surface area contributed by atoms with Crippen molar-refractivity contribution in [1.82, 2.24) is 15.0 Å². The zero-order valence-corrected chi connectivity index (χ0v) is 16.6. The number of carbonyl (C=O) groups excluding carboxylic acids is 1. The molecule has 0 fully saturated rings. The number of hydrogen-bond acceptors (Lipinski definition) is 5. The SMILES string of the molecule is CC/C=C/c1ccnc(-c2cc(OC=O)cc(-c3cc(/C=C/CC)ccn3)n2)c1. The maximum Gasteiger partial charge on any atom is 0.298 e. The second kappa shape index (κ2) is 10.1. The molecule has 3 aromatic heterocycles. The Kier molecular flexibility index (Phi) is 7.00. The third-order valence-electron chi connectivity index (χ3n) is 4.17. The molecule has 3 heterocycles. The largest absolute Gasteiger partial charge is 0.429 e. The molecule has 0 aliphatic carbocycles. The highest BCUT2D eigenvalue weighted by molar-refractivity contribution is 5.69. The van der Waals surface area contributed by atoms with Crippen LogP contribution in [0.4, 0.5) is 0 Å². The van der Waals surface area contributed by atoms with Crippen LogP contribution in [0.1, 0.15) is 37.8 Å². The average molecular weight is 385 g/mol. The summed E-state index contributed by atoms with van der Waals surface area (Å²) in [5.74, 6) is 0.396. The van der Waals surface area contributed by atoms with Crippen molar-refractivity contribution in [1.29, 1.82) is 0 Å². The molecular weight excluding hydrogens is 362 g/mol. The molecule has 0 aliphatic heterocycles. The molecule has 0 aromatic carbocycles. The van der Waals surface area contributed by atoms with Gasteiger partial charge in [-0.2, -0.15) is 0 Å². The van der Waals surface area contributed by atoms with E-state index in [1.165, 1.54) is 0 Å². The molecule has 0 spiro atoms. The predicted molar refractivity (Wildman–Crippen MR) is 116 cm³/mol. The van der Waals surface area contributed by atoms with Crippen molar-refractivity contribution in [2.24, 2.45) is 0 Å². The fourth-order valence-corrected chi connectivity index (χ4v) is 2.78. The summed E-state index contributed by atoms with van der Waals surface area (Å²) in [6.07, 6.45) is 13.7. The first-order valence-corrected chi connectivity index (χ1v) is 9.61. The van der Waals surface area contributed by atoms with Gasteiger partial charge >= 0.3 is 0 Å². The highest BCUT2D eigenvalue weighted by Crippen LogP contribution is 2.27. The van der Waals surface area contributed by atoms with Gasteiger partial charge in [0.25, 0.3) is 6.47 Å². The van der Waals surface area contributed by atoms with Crippen LogP contribution in [-0.2, 0) is 4.79 Å². The molecule has 5 nitrogen and oxygen atoms in total. The second-order valence-corrected chi connectivity index (χ2v) is 6.36. The van der Waals surface area contributed by atoms with Crippen molar-refractivity contribution >= 4 is 18.6 Å². The Morgan fingerprint density at radius 2 is 1.31 bits per heavy atom. The van der Waals surface area contributed by atoms with Crippen LogP contribution in [0, 0.1) is 0 Å². The van der Waals surface area contributed by atoms with Gasteiger partial charge in [0.15, 0.2) is 0 Å². The van der Waals surface area contributed by atoms with Gasteiger partial charge in [0.2, 0.25) is 0 Å². The van der Waals surface area contributed by atoms with Crippen LogP contribution < -0.4 is 4.74 Å². The minimum absolute atomic E-state index is 0.396. The molecule has 0 bridgehead atoms. The molecular formula is C24H23N3O2. The Morgan fingerprint density at radius 3 is 1.76 bits per heavy atom. The number of aromatic nitrogens is 3. The third kappa shape index (κ3) is 5.45. The fraction of sp³-hybridized carbons (Fsp3) is 0.167. The van der Waals surface area contributed by atoms with Crippen LogP contribution in [0.25, 0.3) is 34.9 Å². The van der Waals surface area contributed by atoms with Crippen molar-refractivity contribution in [3.8, 4) is 28.5 Å². The summed E-state index contributed by atoms with van der Waals surface area (Å²) in [6.45, 7) is 4.58. The van der Waals surface area contributed by atoms with Gasteiger partial charge in [0, 0.05) is 24.5 Å². The van der Waals surface area contributed by atoms with Crippen molar-refractivity contribution in [2.75, 3.05) is 0 Å². The van der Waals surface area contributed by atoms with Crippen LogP contribution >= 0.6 is 0 Å². The first-order chi connectivity index (χ1) is 14.2. The number of ether oxygens (including phenoxy) is 1. The van der Waals surface area contributed by atoms with E-state index in [0.29, 0.717) is 35.0 Å². The molecule has 0 N–H and O–H groups in total. The molecule has 0 saturated heterocycles. The first-order valence-electron chi connectivity index (χ1n) is 9.61. The van der Waals surface area contributed by atoms with Gasteiger partial charge in [-0.05, 0) is 48.2 Å². The second-order valence-electron chi connectivity index (χ2n) is 6.36. The molecule has 0 radical (unpaired) electrons. The molecule has 146 valence electrons. The summed E-state index contributed by atoms with van der Waals surface area (Å²) in [5, 5.41) is 0. The number of allylic oxidation sites excluding steroid dienone is 2. The standard InChI is InChI=1S/C24H23N3O2/c1-3-5-7-18-9-11-25-21(13-18)23-15-20(29-17-28)16-24(27-23)22-14-19(8-6-4-2)10-12-26-22/h5-17H,3-4H2,1-2H3/b7-5+,8-6+. The normalized spacial score (nSPS) is 11.2. The summed E-state index contributed by atoms with van der Waals surface area (Å²) in [5.41, 5.74) is 4.69. The van der Waals surface area contributed by atoms with Crippen molar-refractivity contribution < 1.29 is 9.53 Å². The molecule has 0 amide bonds. The van der Waals surface area contributed by atoms with E-state index in [1.54, 1.807) is 24.5 Å². The van der Waals surface area contributed by atoms with Gasteiger partial charge in [-0.25, -0.2) is 4.98 Å². The maximum absolute atomic E-state index is 10.9. The van der Waals surface area contributed by atoms with Gasteiger partial charge in [-0.1, -0.05) is 38.2 Å². The predicted octanol–water partition coefficient (Wildman–Crippen LogP) is 5.59. The lowest BCUT2D eigenvalue weighted by Crippen LogP contribution is -1.96. The lowest BCUT2D eigenvalue weighted by atomic mass is 10.1. The van der Waals surface area contributed by atoms with Crippen LogP contribution in [-0.4, -0.2) is 21.4 Å². The monoisotopic (exact) mass is 385 g/mol. The highest BCUT2D eigenvalue weighted by atomic mass is 16.5. The van der Waals surface area contributed by atoms with Gasteiger partial charge in [0.05, 0.1) is 22.8 Å². The summed E-state index contributed by atoms with van der Waals surface area (Å²) < 4.78 is 5.12. The summed E-state index contributed by atoms with van der Waals surface area (Å²) >= 11 is 0. The Bertz CT molecular complexity index is 966. The van der Waals surface area contributed by atoms with E-state index in [9.17, 15) is 4.79 Å². The Labute approximate surface area is 170 Å². The van der Waals surface area contributed by atoms with E-state index in [0.717, 1.165) is 24.0 Å².